The highest BCUT2D eigenvalue weighted by Gasteiger charge is 2.38. The van der Waals surface area contributed by atoms with E-state index in [1.165, 1.54) is 7.11 Å². The van der Waals surface area contributed by atoms with Crippen LogP contribution in [0.5, 0.6) is 0 Å². The Morgan fingerprint density at radius 1 is 0.755 bits per heavy atom. The van der Waals surface area contributed by atoms with Crippen LogP contribution in [0.1, 0.15) is 73.9 Å². The minimum absolute atomic E-state index is 0.0703. The monoisotopic (exact) mass is 714 g/mol. The van der Waals surface area contributed by atoms with Crippen LogP contribution >= 0.6 is 0 Å². The second kappa shape index (κ2) is 15.0. The Kier molecular flexibility index (Phi) is 9.72. The van der Waals surface area contributed by atoms with Gasteiger partial charge in [0, 0.05) is 37.0 Å². The van der Waals surface area contributed by atoms with Crippen LogP contribution in [-0.4, -0.2) is 85.5 Å². The van der Waals surface area contributed by atoms with Gasteiger partial charge in [-0.05, 0) is 61.8 Å². The van der Waals surface area contributed by atoms with Gasteiger partial charge in [0.1, 0.15) is 23.8 Å². The number of ether oxygens (including phenoxy) is 2. The lowest BCUT2D eigenvalue weighted by molar-refractivity contribution is -0.142. The molecule has 8 rings (SSSR count). The Balaban J connectivity index is 0.929. The summed E-state index contributed by atoms with van der Waals surface area (Å²) >= 11 is 0. The number of carbonyl (C=O) groups is 3. The number of aromatic amines is 2. The molecule has 13 heteroatoms. The molecule has 0 spiro atoms. The number of likely N-dealkylation sites (tertiary alicyclic amines) is 2. The van der Waals surface area contributed by atoms with Gasteiger partial charge >= 0.3 is 6.09 Å². The normalized spacial score (nSPS) is 20.4. The summed E-state index contributed by atoms with van der Waals surface area (Å²) < 4.78 is 10.5. The van der Waals surface area contributed by atoms with Gasteiger partial charge in [-0.3, -0.25) is 14.6 Å². The van der Waals surface area contributed by atoms with Gasteiger partial charge in [-0.1, -0.05) is 54.6 Å². The molecule has 4 atom stereocenters. The van der Waals surface area contributed by atoms with E-state index >= 15 is 0 Å². The largest absolute Gasteiger partial charge is 0.453 e. The summed E-state index contributed by atoms with van der Waals surface area (Å²) in [4.78, 5) is 63.8. The van der Waals surface area contributed by atoms with E-state index in [0.717, 1.165) is 84.7 Å². The van der Waals surface area contributed by atoms with Crippen molar-refractivity contribution in [3.05, 3.63) is 103 Å². The molecule has 3 aliphatic heterocycles. The summed E-state index contributed by atoms with van der Waals surface area (Å²) in [5.41, 5.74) is 6.07. The molecule has 3 saturated heterocycles. The van der Waals surface area contributed by atoms with E-state index in [2.05, 4.69) is 25.3 Å². The van der Waals surface area contributed by atoms with E-state index in [1.54, 1.807) is 11.1 Å². The number of amides is 3. The molecule has 3 fully saturated rings. The predicted octanol–water partition coefficient (Wildman–Crippen LogP) is 6.13. The van der Waals surface area contributed by atoms with Crippen molar-refractivity contribution in [3.63, 3.8) is 0 Å². The van der Waals surface area contributed by atoms with Gasteiger partial charge in [0.15, 0.2) is 0 Å². The fourth-order valence-electron chi connectivity index (χ4n) is 7.71. The minimum Gasteiger partial charge on any atom is -0.453 e. The number of carbonyl (C=O) groups excluding carboxylic acids is 3. The molecular formula is C40H42N8O5. The first kappa shape index (κ1) is 34.3. The lowest BCUT2D eigenvalue weighted by Gasteiger charge is -2.28. The van der Waals surface area contributed by atoms with Crippen LogP contribution in [0.25, 0.3) is 33.8 Å². The summed E-state index contributed by atoms with van der Waals surface area (Å²) in [6.45, 7) is 1.94. The topological polar surface area (TPSA) is 158 Å². The summed E-state index contributed by atoms with van der Waals surface area (Å²) in [5, 5.41) is 2.71. The second-order valence-electron chi connectivity index (χ2n) is 13.7. The number of benzene rings is 2. The third-order valence-corrected chi connectivity index (χ3v) is 10.5. The number of hydrogen-bond donors (Lipinski definition) is 3. The first-order valence-electron chi connectivity index (χ1n) is 18.3. The van der Waals surface area contributed by atoms with Crippen LogP contribution in [0.2, 0.25) is 0 Å². The molecular weight excluding hydrogens is 672 g/mol. The van der Waals surface area contributed by atoms with Crippen molar-refractivity contribution in [3.8, 4) is 33.8 Å². The number of hydrogen-bond acceptors (Lipinski definition) is 8. The Bertz CT molecular complexity index is 2060. The van der Waals surface area contributed by atoms with Crippen molar-refractivity contribution in [2.75, 3.05) is 26.8 Å². The lowest BCUT2D eigenvalue weighted by Crippen LogP contribution is -2.42. The van der Waals surface area contributed by atoms with Gasteiger partial charge in [0.25, 0.3) is 11.8 Å². The average Bonchev–Trinajstić information content (AvgIpc) is 4.06. The molecule has 0 saturated carbocycles. The minimum atomic E-state index is -0.873. The number of nitrogens with zero attached hydrogens (tertiary/aromatic N) is 5. The lowest BCUT2D eigenvalue weighted by atomic mass is 10.0. The highest BCUT2D eigenvalue weighted by Crippen LogP contribution is 2.36. The number of methoxy groups -OCH3 is 1. The maximum atomic E-state index is 13.8. The number of pyridine rings is 1. The van der Waals surface area contributed by atoms with E-state index in [0.29, 0.717) is 24.5 Å². The zero-order valence-corrected chi connectivity index (χ0v) is 29.5. The number of rotatable bonds is 9. The second-order valence-corrected chi connectivity index (χ2v) is 13.7. The van der Waals surface area contributed by atoms with E-state index in [1.807, 2.05) is 84.0 Å². The van der Waals surface area contributed by atoms with Crippen molar-refractivity contribution < 1.29 is 23.9 Å². The Hall–Kier alpha value is -5.82. The molecule has 3 N–H and O–H groups in total. The standard InChI is InChI=1S/C40H42N8O5/c1-52-40(51)46-35(27-8-3-2-4-9-27)39(50)48-20-6-11-33(48)37-42-23-30(44-37)26-15-13-25(14-16-26)29-18-17-28(22-41-29)31-24-43-36(45-31)32-10-5-19-47(32)38(49)34-12-7-21-53-34/h2-4,8-9,13-18,22-24,32-35H,5-7,10-12,19-21H2,1H3,(H,42,44)(H,43,45)(H,46,51)/t32-,33-,34+,35+/m0/s1. The first-order valence-corrected chi connectivity index (χ1v) is 18.3. The van der Waals surface area contributed by atoms with Crippen molar-refractivity contribution in [1.29, 1.82) is 0 Å². The molecule has 0 aliphatic carbocycles. The number of alkyl carbamates (subject to hydrolysis) is 1. The van der Waals surface area contributed by atoms with Gasteiger partial charge in [-0.2, -0.15) is 0 Å². The van der Waals surface area contributed by atoms with E-state index in [9.17, 15) is 14.4 Å². The highest BCUT2D eigenvalue weighted by atomic mass is 16.5. The number of nitrogens with one attached hydrogen (secondary N) is 3. The molecule has 0 radical (unpaired) electrons. The molecule has 0 unspecified atom stereocenters. The number of imidazole rings is 2. The highest BCUT2D eigenvalue weighted by molar-refractivity contribution is 5.87. The zero-order valence-electron chi connectivity index (χ0n) is 29.5. The third-order valence-electron chi connectivity index (χ3n) is 10.5. The first-order chi connectivity index (χ1) is 26.0. The summed E-state index contributed by atoms with van der Waals surface area (Å²) in [7, 11) is 1.28. The van der Waals surface area contributed by atoms with Crippen molar-refractivity contribution in [1.82, 2.24) is 40.0 Å². The Morgan fingerprint density at radius 2 is 1.40 bits per heavy atom. The van der Waals surface area contributed by atoms with Crippen LogP contribution in [-0.2, 0) is 19.1 Å². The van der Waals surface area contributed by atoms with Gasteiger partial charge in [-0.15, -0.1) is 0 Å². The van der Waals surface area contributed by atoms with Gasteiger partial charge in [0.05, 0.1) is 48.7 Å². The predicted molar refractivity (Wildman–Crippen MR) is 196 cm³/mol. The van der Waals surface area contributed by atoms with Crippen LogP contribution in [0, 0.1) is 0 Å². The zero-order chi connectivity index (χ0) is 36.3. The molecule has 13 nitrogen and oxygen atoms in total. The van der Waals surface area contributed by atoms with E-state index in [-0.39, 0.29) is 30.0 Å². The van der Waals surface area contributed by atoms with Crippen LogP contribution < -0.4 is 5.32 Å². The van der Waals surface area contributed by atoms with Crippen LogP contribution in [0.4, 0.5) is 4.79 Å². The van der Waals surface area contributed by atoms with Crippen LogP contribution in [0.3, 0.4) is 0 Å². The van der Waals surface area contributed by atoms with Crippen molar-refractivity contribution in [2.45, 2.75) is 62.8 Å². The molecule has 3 amide bonds. The Labute approximate surface area is 307 Å². The molecule has 53 heavy (non-hydrogen) atoms. The SMILES string of the molecule is COC(=O)N[C@@H](C(=O)N1CCC[C@H]1c1ncc(-c2ccc(-c3ccc(-c4cnc([C@@H]5CCCN5C(=O)[C@H]5CCCO5)[nH]4)cn3)cc2)[nH]1)c1ccccc1. The summed E-state index contributed by atoms with van der Waals surface area (Å²) in [6, 6.07) is 20.1. The molecule has 3 aromatic heterocycles. The van der Waals surface area contributed by atoms with Gasteiger partial charge < -0.3 is 34.6 Å². The molecule has 2 aromatic carbocycles. The van der Waals surface area contributed by atoms with Gasteiger partial charge in [-0.25, -0.2) is 14.8 Å². The molecule has 272 valence electrons. The third kappa shape index (κ3) is 7.04. The molecule has 0 bridgehead atoms. The molecule has 5 aromatic rings. The maximum absolute atomic E-state index is 13.8. The summed E-state index contributed by atoms with van der Waals surface area (Å²) in [6.07, 6.45) is 9.57. The molecule has 6 heterocycles. The van der Waals surface area contributed by atoms with E-state index in [4.69, 9.17) is 14.5 Å². The van der Waals surface area contributed by atoms with Crippen molar-refractivity contribution >= 4 is 17.9 Å². The fourth-order valence-corrected chi connectivity index (χ4v) is 7.71. The maximum Gasteiger partial charge on any atom is 0.407 e. The van der Waals surface area contributed by atoms with Crippen molar-refractivity contribution in [2.24, 2.45) is 0 Å². The molecule has 3 aliphatic rings. The average molecular weight is 715 g/mol. The fraction of sp³-hybridized carbons (Fsp3) is 0.350. The van der Waals surface area contributed by atoms with Crippen LogP contribution in [0.15, 0.2) is 85.3 Å². The smallest absolute Gasteiger partial charge is 0.407 e. The van der Waals surface area contributed by atoms with E-state index < -0.39 is 12.1 Å². The number of aromatic nitrogens is 5. The quantitative estimate of drug-likeness (QED) is 0.165. The summed E-state index contributed by atoms with van der Waals surface area (Å²) in [5.74, 6) is 1.36. The Morgan fingerprint density at radius 3 is 2.04 bits per heavy atom. The van der Waals surface area contributed by atoms with Gasteiger partial charge in [0.2, 0.25) is 0 Å². The number of H-pyrrole nitrogens is 2.